The van der Waals surface area contributed by atoms with Gasteiger partial charge in [-0.1, -0.05) is 46.0 Å². The van der Waals surface area contributed by atoms with Crippen LogP contribution in [0.2, 0.25) is 18.1 Å². The predicted molar refractivity (Wildman–Crippen MR) is 106 cm³/mol. The van der Waals surface area contributed by atoms with Gasteiger partial charge in [0.25, 0.3) is 0 Å². The molecule has 0 radical (unpaired) electrons. The Morgan fingerprint density at radius 1 is 1.14 bits per heavy atom. The van der Waals surface area contributed by atoms with Crippen molar-refractivity contribution in [3.05, 3.63) is 35.4 Å². The molecule has 0 fully saturated rings. The van der Waals surface area contributed by atoms with Gasteiger partial charge in [0.1, 0.15) is 14.1 Å². The lowest BCUT2D eigenvalue weighted by molar-refractivity contribution is -0.137. The maximum absolute atomic E-state index is 12.6. The van der Waals surface area contributed by atoms with Crippen LogP contribution in [0.1, 0.15) is 38.3 Å². The summed E-state index contributed by atoms with van der Waals surface area (Å²) in [6, 6.07) is 3.36. The van der Waals surface area contributed by atoms with Crippen molar-refractivity contribution >= 4 is 19.9 Å². The fraction of sp³-hybridized carbons (Fsp3) is 0.500. The molecule has 3 N–H and O–H groups in total. The fourth-order valence-electron chi connectivity index (χ4n) is 2.03. The van der Waals surface area contributed by atoms with Gasteiger partial charge in [0.2, 0.25) is 11.8 Å². The molecule has 1 rings (SSSR count). The largest absolute Gasteiger partial charge is 0.416 e. The SMILES string of the molecule is CC(C)(C)[Si](C)(C)C#CC[C@H](NC(=O)Cc1ccc(C(F)(F)F)cc1)C(N)=O. The van der Waals surface area contributed by atoms with Gasteiger partial charge in [-0.2, -0.15) is 13.2 Å². The minimum Gasteiger partial charge on any atom is -0.368 e. The number of carbonyl (C=O) groups is 2. The summed E-state index contributed by atoms with van der Waals surface area (Å²) in [5.74, 6) is 1.77. The molecular formula is C20H27F3N2O2Si. The molecule has 0 bridgehead atoms. The van der Waals surface area contributed by atoms with Crippen molar-refractivity contribution in [2.75, 3.05) is 0 Å². The van der Waals surface area contributed by atoms with Crippen molar-refractivity contribution in [3.63, 3.8) is 0 Å². The number of halogens is 3. The second-order valence-corrected chi connectivity index (χ2v) is 13.3. The Kier molecular flexibility index (Phi) is 7.49. The molecular weight excluding hydrogens is 385 g/mol. The summed E-state index contributed by atoms with van der Waals surface area (Å²) < 4.78 is 37.7. The first kappa shape index (κ1) is 23.8. The molecule has 28 heavy (non-hydrogen) atoms. The molecule has 0 saturated heterocycles. The van der Waals surface area contributed by atoms with Crippen LogP contribution in [0.25, 0.3) is 0 Å². The first-order valence-electron chi connectivity index (χ1n) is 8.88. The number of hydrogen-bond donors (Lipinski definition) is 2. The van der Waals surface area contributed by atoms with Gasteiger partial charge in [-0.15, -0.1) is 11.5 Å². The smallest absolute Gasteiger partial charge is 0.368 e. The molecule has 1 aromatic rings. The molecule has 8 heteroatoms. The zero-order valence-corrected chi connectivity index (χ0v) is 17.8. The molecule has 4 nitrogen and oxygen atoms in total. The van der Waals surface area contributed by atoms with Crippen LogP contribution in [0.15, 0.2) is 24.3 Å². The van der Waals surface area contributed by atoms with E-state index in [1.807, 2.05) is 0 Å². The lowest BCUT2D eigenvalue weighted by Gasteiger charge is -2.31. The molecule has 0 unspecified atom stereocenters. The molecule has 1 aromatic carbocycles. The van der Waals surface area contributed by atoms with E-state index in [1.165, 1.54) is 12.1 Å². The lowest BCUT2D eigenvalue weighted by atomic mass is 10.1. The van der Waals surface area contributed by atoms with Gasteiger partial charge in [0.15, 0.2) is 0 Å². The molecule has 2 amide bonds. The molecule has 0 aliphatic rings. The standard InChI is InChI=1S/C20H27F3N2O2Si/c1-19(2,3)28(4,5)12-6-7-16(18(24)27)25-17(26)13-14-8-10-15(11-9-14)20(21,22)23/h8-11,16H,7,13H2,1-5H3,(H2,24,27)(H,25,26)/t16-/m0/s1. The van der Waals surface area contributed by atoms with Gasteiger partial charge >= 0.3 is 6.18 Å². The van der Waals surface area contributed by atoms with Crippen molar-refractivity contribution in [3.8, 4) is 11.5 Å². The molecule has 0 aromatic heterocycles. The van der Waals surface area contributed by atoms with Crippen LogP contribution in [0, 0.1) is 11.5 Å². The quantitative estimate of drug-likeness (QED) is 0.572. The van der Waals surface area contributed by atoms with E-state index in [2.05, 4.69) is 50.6 Å². The molecule has 0 saturated carbocycles. The third kappa shape index (κ3) is 7.04. The van der Waals surface area contributed by atoms with E-state index in [9.17, 15) is 22.8 Å². The van der Waals surface area contributed by atoms with Crippen molar-refractivity contribution < 1.29 is 22.8 Å². The fourth-order valence-corrected chi connectivity index (χ4v) is 2.95. The third-order valence-corrected chi connectivity index (χ3v) is 9.46. The highest BCUT2D eigenvalue weighted by atomic mass is 28.3. The van der Waals surface area contributed by atoms with E-state index in [0.717, 1.165) is 12.1 Å². The number of hydrogen-bond acceptors (Lipinski definition) is 2. The Morgan fingerprint density at radius 2 is 1.68 bits per heavy atom. The number of nitrogens with one attached hydrogen (secondary N) is 1. The van der Waals surface area contributed by atoms with Gasteiger partial charge in [0, 0.05) is 6.42 Å². The maximum atomic E-state index is 12.6. The van der Waals surface area contributed by atoms with E-state index in [4.69, 9.17) is 5.73 Å². The number of rotatable bonds is 5. The molecule has 0 aliphatic carbocycles. The number of nitrogens with two attached hydrogens (primary N) is 1. The summed E-state index contributed by atoms with van der Waals surface area (Å²) in [5, 5.41) is 2.58. The summed E-state index contributed by atoms with van der Waals surface area (Å²) in [7, 11) is -1.85. The van der Waals surface area contributed by atoms with Gasteiger partial charge < -0.3 is 11.1 Å². The van der Waals surface area contributed by atoms with Crippen LogP contribution in [0.5, 0.6) is 0 Å². The maximum Gasteiger partial charge on any atom is 0.416 e. The van der Waals surface area contributed by atoms with Crippen molar-refractivity contribution in [1.82, 2.24) is 5.32 Å². The van der Waals surface area contributed by atoms with Crippen LogP contribution in [-0.2, 0) is 22.2 Å². The zero-order chi connectivity index (χ0) is 21.8. The van der Waals surface area contributed by atoms with Crippen molar-refractivity contribution in [1.29, 1.82) is 0 Å². The summed E-state index contributed by atoms with van der Waals surface area (Å²) in [4.78, 5) is 23.8. The number of primary amides is 1. The average molecular weight is 413 g/mol. The summed E-state index contributed by atoms with van der Waals surface area (Å²) in [6.07, 6.45) is -4.49. The average Bonchev–Trinajstić information content (AvgIpc) is 2.52. The predicted octanol–water partition coefficient (Wildman–Crippen LogP) is 3.66. The second kappa shape index (κ2) is 8.82. The zero-order valence-electron chi connectivity index (χ0n) is 16.8. The van der Waals surface area contributed by atoms with E-state index in [-0.39, 0.29) is 17.9 Å². The van der Waals surface area contributed by atoms with Crippen LogP contribution in [0.3, 0.4) is 0 Å². The number of amides is 2. The Labute approximate surface area is 165 Å². The number of benzene rings is 1. The van der Waals surface area contributed by atoms with Gasteiger partial charge in [-0.25, -0.2) is 0 Å². The molecule has 154 valence electrons. The van der Waals surface area contributed by atoms with E-state index < -0.39 is 37.7 Å². The van der Waals surface area contributed by atoms with Crippen molar-refractivity contribution in [2.24, 2.45) is 5.73 Å². The van der Waals surface area contributed by atoms with Gasteiger partial charge in [-0.05, 0) is 22.7 Å². The van der Waals surface area contributed by atoms with E-state index >= 15 is 0 Å². The monoisotopic (exact) mass is 412 g/mol. The minimum absolute atomic E-state index is 0.0635. The summed E-state index contributed by atoms with van der Waals surface area (Å²) >= 11 is 0. The topological polar surface area (TPSA) is 72.2 Å². The highest BCUT2D eigenvalue weighted by molar-refractivity contribution is 6.87. The molecule has 1 atom stereocenters. The van der Waals surface area contributed by atoms with Gasteiger partial charge in [0.05, 0.1) is 12.0 Å². The van der Waals surface area contributed by atoms with E-state index in [1.54, 1.807) is 0 Å². The van der Waals surface area contributed by atoms with Crippen LogP contribution in [-0.4, -0.2) is 25.9 Å². The van der Waals surface area contributed by atoms with Gasteiger partial charge in [-0.3, -0.25) is 9.59 Å². The molecule has 0 aliphatic heterocycles. The number of carbonyl (C=O) groups excluding carboxylic acids is 2. The third-order valence-electron chi connectivity index (χ3n) is 4.91. The summed E-state index contributed by atoms with van der Waals surface area (Å²) in [6.45, 7) is 10.6. The highest BCUT2D eigenvalue weighted by Gasteiger charge is 2.33. The first-order valence-corrected chi connectivity index (χ1v) is 11.9. The highest BCUT2D eigenvalue weighted by Crippen LogP contribution is 2.35. The van der Waals surface area contributed by atoms with Crippen molar-refractivity contribution in [2.45, 2.75) is 64.0 Å². The molecule has 0 spiro atoms. The first-order chi connectivity index (χ1) is 12.6. The Balaban J connectivity index is 2.75. The van der Waals surface area contributed by atoms with Crippen LogP contribution in [0.4, 0.5) is 13.2 Å². The van der Waals surface area contributed by atoms with Crippen LogP contribution < -0.4 is 11.1 Å². The Bertz CT molecular complexity index is 770. The minimum atomic E-state index is -4.43. The van der Waals surface area contributed by atoms with Crippen LogP contribution >= 0.6 is 0 Å². The van der Waals surface area contributed by atoms with E-state index in [0.29, 0.717) is 5.56 Å². The lowest BCUT2D eigenvalue weighted by Crippen LogP contribution is -2.45. The normalized spacial score (nSPS) is 13.3. The summed E-state index contributed by atoms with van der Waals surface area (Å²) in [5.41, 5.74) is 8.22. The second-order valence-electron chi connectivity index (χ2n) is 8.27. The Hall–Kier alpha value is -2.27. The molecule has 0 heterocycles. The Morgan fingerprint density at radius 3 is 2.11 bits per heavy atom. The number of alkyl halides is 3.